The molecule has 0 bridgehead atoms. The molecule has 4 rings (SSSR count). The van der Waals surface area contributed by atoms with Crippen molar-refractivity contribution in [3.05, 3.63) is 55.5 Å². The predicted octanol–water partition coefficient (Wildman–Crippen LogP) is 3.19. The number of ether oxygens (including phenoxy) is 3. The molecule has 0 radical (unpaired) electrons. The van der Waals surface area contributed by atoms with E-state index in [1.54, 1.807) is 20.8 Å². The molecule has 35 heavy (non-hydrogen) atoms. The Hall–Kier alpha value is -3.24. The van der Waals surface area contributed by atoms with Crippen LogP contribution in [-0.4, -0.2) is 46.6 Å². The third kappa shape index (κ3) is 4.94. The van der Waals surface area contributed by atoms with E-state index in [1.807, 2.05) is 13.0 Å². The molecule has 1 aromatic heterocycles. The Kier molecular flexibility index (Phi) is 6.70. The van der Waals surface area contributed by atoms with Crippen LogP contribution >= 0.6 is 11.6 Å². The molecule has 1 unspecified atom stereocenters. The van der Waals surface area contributed by atoms with Crippen molar-refractivity contribution < 1.29 is 28.9 Å². The van der Waals surface area contributed by atoms with Crippen molar-refractivity contribution in [2.24, 2.45) is 0 Å². The molecule has 2 aromatic rings. The number of hydrogen-bond donors (Lipinski definition) is 4. The summed E-state index contributed by atoms with van der Waals surface area (Å²) in [5.74, 6) is -0.917. The molecule has 10 nitrogen and oxygen atoms in total. The largest absolute Gasteiger partial charge is 0.465 e. The van der Waals surface area contributed by atoms with Crippen LogP contribution in [0.5, 0.6) is 11.5 Å². The van der Waals surface area contributed by atoms with Gasteiger partial charge in [0.2, 0.25) is 0 Å². The summed E-state index contributed by atoms with van der Waals surface area (Å²) in [7, 11) is 0. The zero-order valence-corrected chi connectivity index (χ0v) is 20.7. The summed E-state index contributed by atoms with van der Waals surface area (Å²) >= 11 is 6.47. The number of carbonyl (C=O) groups is 2. The van der Waals surface area contributed by atoms with Crippen molar-refractivity contribution in [1.82, 2.24) is 15.6 Å². The highest BCUT2D eigenvalue weighted by molar-refractivity contribution is 6.33. The SMILES string of the molecule is Cc1cc(C)c(CNC(=O)c2cc(Cl)c3c(c2C)OC(C)([C@@H]2CC[C@@H](NC(=O)O)CO2)O3)c(=O)[nH]1. The molecule has 1 fully saturated rings. The lowest BCUT2D eigenvalue weighted by Gasteiger charge is -2.37. The van der Waals surface area contributed by atoms with E-state index in [-0.39, 0.29) is 29.8 Å². The number of pyridine rings is 1. The van der Waals surface area contributed by atoms with E-state index in [1.165, 1.54) is 6.07 Å². The fourth-order valence-corrected chi connectivity index (χ4v) is 4.77. The van der Waals surface area contributed by atoms with Crippen molar-refractivity contribution in [1.29, 1.82) is 0 Å². The van der Waals surface area contributed by atoms with Crippen LogP contribution in [0.1, 0.15) is 52.5 Å². The predicted molar refractivity (Wildman–Crippen MR) is 127 cm³/mol. The number of H-pyrrole nitrogens is 1. The number of nitrogens with one attached hydrogen (secondary N) is 3. The molecule has 0 aliphatic carbocycles. The molecule has 188 valence electrons. The highest BCUT2D eigenvalue weighted by atomic mass is 35.5. The number of halogens is 1. The lowest BCUT2D eigenvalue weighted by atomic mass is 9.99. The van der Waals surface area contributed by atoms with Gasteiger partial charge in [0, 0.05) is 35.9 Å². The first kappa shape index (κ1) is 24.9. The maximum atomic E-state index is 13.0. The molecular formula is C24H28ClN3O7. The molecule has 1 aromatic carbocycles. The van der Waals surface area contributed by atoms with Crippen LogP contribution in [0.4, 0.5) is 4.79 Å². The van der Waals surface area contributed by atoms with E-state index in [2.05, 4.69) is 15.6 Å². The molecule has 0 spiro atoms. The molecule has 3 heterocycles. The molecular weight excluding hydrogens is 478 g/mol. The fraction of sp³-hybridized carbons (Fsp3) is 0.458. The Labute approximate surface area is 206 Å². The number of benzene rings is 1. The second-order valence-electron chi connectivity index (χ2n) is 9.08. The lowest BCUT2D eigenvalue weighted by molar-refractivity contribution is -0.185. The van der Waals surface area contributed by atoms with Gasteiger partial charge in [0.25, 0.3) is 17.3 Å². The summed E-state index contributed by atoms with van der Waals surface area (Å²) in [5, 5.41) is 14.3. The van der Waals surface area contributed by atoms with Gasteiger partial charge in [-0.25, -0.2) is 4.79 Å². The second-order valence-corrected chi connectivity index (χ2v) is 9.49. The van der Waals surface area contributed by atoms with Crippen LogP contribution in [0.2, 0.25) is 5.02 Å². The van der Waals surface area contributed by atoms with E-state index in [0.717, 1.165) is 11.3 Å². The number of aryl methyl sites for hydroxylation is 2. The van der Waals surface area contributed by atoms with Crippen molar-refractivity contribution in [3.63, 3.8) is 0 Å². The van der Waals surface area contributed by atoms with Crippen LogP contribution < -0.4 is 25.7 Å². The number of aromatic amines is 1. The van der Waals surface area contributed by atoms with Gasteiger partial charge < -0.3 is 34.9 Å². The highest BCUT2D eigenvalue weighted by Gasteiger charge is 2.48. The van der Waals surface area contributed by atoms with E-state index in [9.17, 15) is 14.4 Å². The second kappa shape index (κ2) is 9.43. The van der Waals surface area contributed by atoms with Crippen molar-refractivity contribution in [2.45, 2.75) is 65.0 Å². The third-order valence-electron chi connectivity index (χ3n) is 6.40. The van der Waals surface area contributed by atoms with Crippen LogP contribution in [0.15, 0.2) is 16.9 Å². The van der Waals surface area contributed by atoms with Gasteiger partial charge in [-0.15, -0.1) is 0 Å². The van der Waals surface area contributed by atoms with E-state index < -0.39 is 23.9 Å². The molecule has 2 amide bonds. The maximum Gasteiger partial charge on any atom is 0.404 e. The first-order valence-corrected chi connectivity index (χ1v) is 11.7. The zero-order chi connectivity index (χ0) is 25.5. The van der Waals surface area contributed by atoms with E-state index in [0.29, 0.717) is 41.0 Å². The standard InChI is InChI=1S/C24H28ClN3O7/c1-11-7-12(2)27-22(30)16(11)9-26-21(29)15-8-17(25)20-19(13(15)3)34-24(4,35-20)18-6-5-14(10-33-18)28-23(31)32/h7-8,14,18,28H,5-6,9-10H2,1-4H3,(H,26,29)(H,27,30)(H,31,32)/t14-,18+,24?/m1/s1. The van der Waals surface area contributed by atoms with Crippen LogP contribution in [0.25, 0.3) is 0 Å². The van der Waals surface area contributed by atoms with Crippen LogP contribution in [-0.2, 0) is 11.3 Å². The monoisotopic (exact) mass is 505 g/mol. The van der Waals surface area contributed by atoms with Gasteiger partial charge in [-0.2, -0.15) is 0 Å². The van der Waals surface area contributed by atoms with Gasteiger partial charge in [0.1, 0.15) is 6.10 Å². The molecule has 1 saturated heterocycles. The molecule has 11 heteroatoms. The van der Waals surface area contributed by atoms with Gasteiger partial charge in [-0.3, -0.25) is 9.59 Å². The molecule has 4 N–H and O–H groups in total. The van der Waals surface area contributed by atoms with Gasteiger partial charge in [0.05, 0.1) is 17.7 Å². The first-order valence-electron chi connectivity index (χ1n) is 11.3. The van der Waals surface area contributed by atoms with Gasteiger partial charge >= 0.3 is 6.09 Å². The Balaban J connectivity index is 1.49. The normalized spacial score (nSPS) is 23.1. The van der Waals surface area contributed by atoms with E-state index in [4.69, 9.17) is 30.9 Å². The quantitative estimate of drug-likeness (QED) is 0.489. The first-order chi connectivity index (χ1) is 16.5. The number of rotatable bonds is 5. The van der Waals surface area contributed by atoms with Crippen LogP contribution in [0, 0.1) is 20.8 Å². The van der Waals surface area contributed by atoms with Crippen molar-refractivity contribution in [2.75, 3.05) is 6.61 Å². The Bertz CT molecular complexity index is 1240. The Morgan fingerprint density at radius 3 is 2.54 bits per heavy atom. The summed E-state index contributed by atoms with van der Waals surface area (Å²) in [5.41, 5.74) is 2.62. The third-order valence-corrected chi connectivity index (χ3v) is 6.68. The number of fused-ring (bicyclic) bond motifs is 1. The van der Waals surface area contributed by atoms with Gasteiger partial charge in [-0.05, 0) is 51.3 Å². The fourth-order valence-electron chi connectivity index (χ4n) is 4.53. The summed E-state index contributed by atoms with van der Waals surface area (Å²) in [4.78, 5) is 38.9. The average Bonchev–Trinajstić information content (AvgIpc) is 3.15. The molecule has 2 aliphatic heterocycles. The minimum atomic E-state index is -1.19. The molecule has 2 aliphatic rings. The lowest BCUT2D eigenvalue weighted by Crippen LogP contribution is -2.53. The number of carbonyl (C=O) groups excluding carboxylic acids is 1. The Morgan fingerprint density at radius 1 is 1.20 bits per heavy atom. The van der Waals surface area contributed by atoms with E-state index >= 15 is 0 Å². The summed E-state index contributed by atoms with van der Waals surface area (Å²) in [6.07, 6.45) is -0.498. The number of hydrogen-bond acceptors (Lipinski definition) is 6. The molecule has 3 atom stereocenters. The Morgan fingerprint density at radius 2 is 1.91 bits per heavy atom. The van der Waals surface area contributed by atoms with Crippen molar-refractivity contribution in [3.8, 4) is 11.5 Å². The molecule has 0 saturated carbocycles. The van der Waals surface area contributed by atoms with Gasteiger partial charge in [-0.1, -0.05) is 11.6 Å². The van der Waals surface area contributed by atoms with Crippen LogP contribution in [0.3, 0.4) is 0 Å². The van der Waals surface area contributed by atoms with Gasteiger partial charge in [0.15, 0.2) is 11.5 Å². The number of amides is 2. The zero-order valence-electron chi connectivity index (χ0n) is 19.9. The number of aromatic nitrogens is 1. The topological polar surface area (TPSA) is 139 Å². The minimum Gasteiger partial charge on any atom is -0.465 e. The average molecular weight is 506 g/mol. The van der Waals surface area contributed by atoms with Crippen molar-refractivity contribution >= 4 is 23.6 Å². The minimum absolute atomic E-state index is 0.0605. The smallest absolute Gasteiger partial charge is 0.404 e. The summed E-state index contributed by atoms with van der Waals surface area (Å²) in [6.45, 7) is 7.33. The summed E-state index contributed by atoms with van der Waals surface area (Å²) < 4.78 is 18.1. The summed E-state index contributed by atoms with van der Waals surface area (Å²) in [6, 6.07) is 3.06. The number of carboxylic acid groups (broad SMARTS) is 1. The highest BCUT2D eigenvalue weighted by Crippen LogP contribution is 2.49. The maximum absolute atomic E-state index is 13.0.